The van der Waals surface area contributed by atoms with Gasteiger partial charge in [0.25, 0.3) is 5.82 Å². The Morgan fingerprint density at radius 3 is 1.88 bits per heavy atom. The van der Waals surface area contributed by atoms with E-state index in [0.29, 0.717) is 0 Å². The van der Waals surface area contributed by atoms with E-state index < -0.39 is 0 Å². The quantitative estimate of drug-likeness (QED) is 0.248. The summed E-state index contributed by atoms with van der Waals surface area (Å²) < 4.78 is 7.12. The largest absolute Gasteiger partial charge is 1.00 e. The summed E-state index contributed by atoms with van der Waals surface area (Å²) in [6.07, 6.45) is 1.97. The van der Waals surface area contributed by atoms with E-state index in [1.54, 1.807) is 0 Å². The number of aromatic nitrogens is 3. The van der Waals surface area contributed by atoms with E-state index in [0.717, 1.165) is 13.1 Å². The van der Waals surface area contributed by atoms with E-state index >= 15 is 0 Å². The molecule has 6 rings (SSSR count). The molecule has 0 aliphatic carbocycles. The molecular formula is C30H26BrN3. The third-order valence-electron chi connectivity index (χ3n) is 6.57. The number of fused-ring (bicyclic) bond motifs is 4. The highest BCUT2D eigenvalue weighted by Gasteiger charge is 2.24. The maximum absolute atomic E-state index is 4.00. The van der Waals surface area contributed by atoms with Gasteiger partial charge in [-0.1, -0.05) is 61.2 Å². The molecule has 0 N–H and O–H groups in total. The third-order valence-corrected chi connectivity index (χ3v) is 6.57. The molecule has 0 saturated carbocycles. The average molecular weight is 508 g/mol. The number of aryl methyl sites for hydroxylation is 1. The molecule has 6 aromatic rings. The summed E-state index contributed by atoms with van der Waals surface area (Å²) in [6.45, 7) is 7.90. The van der Waals surface area contributed by atoms with Gasteiger partial charge >= 0.3 is 0 Å². The Labute approximate surface area is 210 Å². The van der Waals surface area contributed by atoms with Gasteiger partial charge in [-0.15, -0.1) is 0 Å². The van der Waals surface area contributed by atoms with Gasteiger partial charge in [-0.2, -0.15) is 0 Å². The third kappa shape index (κ3) is 3.29. The van der Waals surface area contributed by atoms with Gasteiger partial charge in [-0.3, -0.25) is 0 Å². The Hall–Kier alpha value is -3.63. The van der Waals surface area contributed by atoms with E-state index in [2.05, 4.69) is 124 Å². The Morgan fingerprint density at radius 1 is 0.735 bits per heavy atom. The average Bonchev–Trinajstić information content (AvgIpc) is 3.37. The summed E-state index contributed by atoms with van der Waals surface area (Å²) in [5.74, 6) is 1.22. The van der Waals surface area contributed by atoms with Crippen LogP contribution in [0.1, 0.15) is 6.92 Å². The first-order valence-electron chi connectivity index (χ1n) is 11.5. The van der Waals surface area contributed by atoms with Crippen LogP contribution in [0.4, 0.5) is 0 Å². The van der Waals surface area contributed by atoms with E-state index in [-0.39, 0.29) is 17.0 Å². The molecule has 0 aliphatic heterocycles. The van der Waals surface area contributed by atoms with Crippen molar-refractivity contribution in [2.45, 2.75) is 20.0 Å². The minimum absolute atomic E-state index is 0. The van der Waals surface area contributed by atoms with Crippen LogP contribution in [0.5, 0.6) is 0 Å². The van der Waals surface area contributed by atoms with Crippen LogP contribution in [0.2, 0.25) is 0 Å². The van der Waals surface area contributed by atoms with Crippen LogP contribution in [0.15, 0.2) is 110 Å². The summed E-state index contributed by atoms with van der Waals surface area (Å²) in [5, 5.41) is 2.57. The normalized spacial score (nSPS) is 11.2. The van der Waals surface area contributed by atoms with Gasteiger partial charge < -0.3 is 21.5 Å². The van der Waals surface area contributed by atoms with Crippen LogP contribution in [0.25, 0.3) is 49.9 Å². The molecule has 0 atom stereocenters. The minimum Gasteiger partial charge on any atom is -1.00 e. The summed E-state index contributed by atoms with van der Waals surface area (Å²) in [5.41, 5.74) is 7.33. The van der Waals surface area contributed by atoms with Gasteiger partial charge in [0.15, 0.2) is 11.0 Å². The maximum atomic E-state index is 4.00. The van der Waals surface area contributed by atoms with Gasteiger partial charge in [-0.25, -0.2) is 9.13 Å². The number of allylic oxidation sites excluding steroid dienone is 1. The number of rotatable bonds is 5. The first-order valence-corrected chi connectivity index (χ1v) is 11.5. The fourth-order valence-electron chi connectivity index (χ4n) is 5.20. The number of hydrogen-bond donors (Lipinski definition) is 0. The molecule has 0 saturated heterocycles. The van der Waals surface area contributed by atoms with Crippen molar-refractivity contribution in [3.05, 3.63) is 110 Å². The Morgan fingerprint density at radius 2 is 1.29 bits per heavy atom. The van der Waals surface area contributed by atoms with Crippen molar-refractivity contribution in [2.24, 2.45) is 0 Å². The SMILES string of the molecule is C=CC[n+]1c(-c2ccc(-n3c4ccccc4c4ccccc43)cc2)n(CC)c2ccccc21.[Br-]. The van der Waals surface area contributed by atoms with Crippen LogP contribution in [-0.4, -0.2) is 9.13 Å². The Kier molecular flexibility index (Phi) is 5.84. The van der Waals surface area contributed by atoms with E-state index in [4.69, 9.17) is 0 Å². The van der Waals surface area contributed by atoms with Crippen LogP contribution >= 0.6 is 0 Å². The fourth-order valence-corrected chi connectivity index (χ4v) is 5.20. The van der Waals surface area contributed by atoms with Crippen LogP contribution < -0.4 is 21.5 Å². The Bertz CT molecular complexity index is 1580. The fraction of sp³-hybridized carbons (Fsp3) is 0.100. The van der Waals surface area contributed by atoms with Gasteiger partial charge in [0, 0.05) is 16.5 Å². The van der Waals surface area contributed by atoms with Gasteiger partial charge in [0.2, 0.25) is 0 Å². The number of hydrogen-bond acceptors (Lipinski definition) is 0. The smallest absolute Gasteiger partial charge is 0.290 e. The topological polar surface area (TPSA) is 13.7 Å². The van der Waals surface area contributed by atoms with Crippen molar-refractivity contribution in [3.63, 3.8) is 0 Å². The lowest BCUT2D eigenvalue weighted by molar-refractivity contribution is -0.650. The van der Waals surface area contributed by atoms with Crippen molar-refractivity contribution in [1.82, 2.24) is 9.13 Å². The molecule has 0 fully saturated rings. The zero-order valence-electron chi connectivity index (χ0n) is 19.2. The maximum Gasteiger partial charge on any atom is 0.290 e. The zero-order valence-corrected chi connectivity index (χ0v) is 20.7. The van der Waals surface area contributed by atoms with E-state index in [1.165, 1.54) is 49.9 Å². The molecule has 2 aromatic heterocycles. The predicted molar refractivity (Wildman–Crippen MR) is 138 cm³/mol. The number of imidazole rings is 1. The number of halogens is 1. The molecule has 34 heavy (non-hydrogen) atoms. The summed E-state index contributed by atoms with van der Waals surface area (Å²) in [7, 11) is 0. The second-order valence-corrected chi connectivity index (χ2v) is 8.37. The van der Waals surface area contributed by atoms with Crippen molar-refractivity contribution in [2.75, 3.05) is 0 Å². The molecule has 0 radical (unpaired) electrons. The lowest BCUT2D eigenvalue weighted by Gasteiger charge is -2.09. The van der Waals surface area contributed by atoms with E-state index in [9.17, 15) is 0 Å². The monoisotopic (exact) mass is 507 g/mol. The van der Waals surface area contributed by atoms with Crippen molar-refractivity contribution >= 4 is 32.8 Å². The molecule has 0 aliphatic rings. The second-order valence-electron chi connectivity index (χ2n) is 8.37. The van der Waals surface area contributed by atoms with E-state index in [1.807, 2.05) is 6.08 Å². The molecule has 0 amide bonds. The lowest BCUT2D eigenvalue weighted by atomic mass is 10.1. The summed E-state index contributed by atoms with van der Waals surface area (Å²) >= 11 is 0. The van der Waals surface area contributed by atoms with Crippen molar-refractivity contribution in [1.29, 1.82) is 0 Å². The Balaban J connectivity index is 0.00000241. The molecule has 0 unspecified atom stereocenters. The molecule has 4 aromatic carbocycles. The summed E-state index contributed by atoms with van der Waals surface area (Å²) in [6, 6.07) is 34.9. The first-order chi connectivity index (χ1) is 16.3. The zero-order chi connectivity index (χ0) is 22.4. The van der Waals surface area contributed by atoms with Gasteiger partial charge in [-0.05, 0) is 55.5 Å². The molecule has 0 spiro atoms. The summed E-state index contributed by atoms with van der Waals surface area (Å²) in [4.78, 5) is 0. The highest BCUT2D eigenvalue weighted by molar-refractivity contribution is 6.09. The number of benzene rings is 4. The van der Waals surface area contributed by atoms with Crippen LogP contribution in [-0.2, 0) is 13.1 Å². The minimum atomic E-state index is 0. The number of para-hydroxylation sites is 4. The van der Waals surface area contributed by atoms with Crippen molar-refractivity contribution < 1.29 is 21.5 Å². The first kappa shape index (κ1) is 22.2. The molecule has 2 heterocycles. The standard InChI is InChI=1S/C30H26N3.BrH/c1-3-21-32-29-16-10-9-15-28(29)31(4-2)30(32)22-17-19-23(20-18-22)33-26-13-7-5-11-24(26)25-12-6-8-14-27(25)33;/h3,5-20H,1,4,21H2,2H3;1H/q+1;/p-1. The van der Waals surface area contributed by atoms with Gasteiger partial charge in [0.1, 0.15) is 6.54 Å². The highest BCUT2D eigenvalue weighted by Crippen LogP contribution is 2.32. The van der Waals surface area contributed by atoms with Crippen LogP contribution in [0, 0.1) is 0 Å². The molecule has 4 heteroatoms. The molecule has 168 valence electrons. The number of nitrogens with zero attached hydrogens (tertiary/aromatic N) is 3. The van der Waals surface area contributed by atoms with Crippen molar-refractivity contribution in [3.8, 4) is 17.1 Å². The lowest BCUT2D eigenvalue weighted by Crippen LogP contribution is -3.00. The molecule has 3 nitrogen and oxygen atoms in total. The molecular weight excluding hydrogens is 482 g/mol. The highest BCUT2D eigenvalue weighted by atomic mass is 79.9. The van der Waals surface area contributed by atoms with Gasteiger partial charge in [0.05, 0.1) is 23.1 Å². The van der Waals surface area contributed by atoms with Crippen LogP contribution in [0.3, 0.4) is 0 Å². The molecule has 0 bridgehead atoms. The predicted octanol–water partition coefficient (Wildman–Crippen LogP) is 3.90. The second kappa shape index (κ2) is 8.96.